The van der Waals surface area contributed by atoms with Gasteiger partial charge in [-0.05, 0) is 24.1 Å². The van der Waals surface area contributed by atoms with E-state index in [0.29, 0.717) is 0 Å². The van der Waals surface area contributed by atoms with Crippen LogP contribution in [0.25, 0.3) is 0 Å². The zero-order chi connectivity index (χ0) is 16.4. The van der Waals surface area contributed by atoms with Gasteiger partial charge in [0.15, 0.2) is 9.84 Å². The standard InChI is InChI=1S/C17H16ClNO3S/c18-14-11-15(23(21,22)13-9-5-2-6-10-13)16(19-17(14)20)12-7-3-1-4-8-12/h1-10,14-16H,11H2,(H,19,20)/t14-,15-,16+/m1/s1. The highest BCUT2D eigenvalue weighted by Crippen LogP contribution is 2.34. The van der Waals surface area contributed by atoms with Gasteiger partial charge in [-0.15, -0.1) is 11.6 Å². The molecule has 6 heteroatoms. The van der Waals surface area contributed by atoms with Crippen molar-refractivity contribution in [1.82, 2.24) is 5.32 Å². The minimum absolute atomic E-state index is 0.0875. The van der Waals surface area contributed by atoms with Gasteiger partial charge in [-0.3, -0.25) is 4.79 Å². The summed E-state index contributed by atoms with van der Waals surface area (Å²) < 4.78 is 26.0. The molecule has 120 valence electrons. The highest BCUT2D eigenvalue weighted by molar-refractivity contribution is 7.92. The van der Waals surface area contributed by atoms with Crippen LogP contribution in [0.3, 0.4) is 0 Å². The van der Waals surface area contributed by atoms with Crippen molar-refractivity contribution in [3.05, 3.63) is 66.2 Å². The zero-order valence-electron chi connectivity index (χ0n) is 12.2. The van der Waals surface area contributed by atoms with Gasteiger partial charge in [0, 0.05) is 0 Å². The first-order valence-corrected chi connectivity index (χ1v) is 9.27. The lowest BCUT2D eigenvalue weighted by molar-refractivity contribution is -0.122. The average Bonchev–Trinajstić information content (AvgIpc) is 2.58. The fraction of sp³-hybridized carbons (Fsp3) is 0.235. The van der Waals surface area contributed by atoms with E-state index >= 15 is 0 Å². The topological polar surface area (TPSA) is 63.2 Å². The van der Waals surface area contributed by atoms with Gasteiger partial charge in [-0.2, -0.15) is 0 Å². The van der Waals surface area contributed by atoms with E-state index in [0.717, 1.165) is 5.56 Å². The molecule has 1 aliphatic rings. The second-order valence-electron chi connectivity index (χ2n) is 5.50. The number of hydrogen-bond donors (Lipinski definition) is 1. The Balaban J connectivity index is 2.05. The lowest BCUT2D eigenvalue weighted by Crippen LogP contribution is -2.50. The van der Waals surface area contributed by atoms with Crippen LogP contribution in [0.5, 0.6) is 0 Å². The summed E-state index contributed by atoms with van der Waals surface area (Å²) in [5.41, 5.74) is 0.758. The van der Waals surface area contributed by atoms with Crippen LogP contribution in [0, 0.1) is 0 Å². The van der Waals surface area contributed by atoms with Crippen LogP contribution in [0.2, 0.25) is 0 Å². The van der Waals surface area contributed by atoms with E-state index < -0.39 is 26.5 Å². The van der Waals surface area contributed by atoms with Gasteiger partial charge in [0.05, 0.1) is 16.2 Å². The van der Waals surface area contributed by atoms with Gasteiger partial charge in [0.25, 0.3) is 0 Å². The predicted molar refractivity (Wildman–Crippen MR) is 89.0 cm³/mol. The number of nitrogens with one attached hydrogen (secondary N) is 1. The average molecular weight is 350 g/mol. The Hall–Kier alpha value is -1.85. The summed E-state index contributed by atoms with van der Waals surface area (Å²) in [6, 6.07) is 16.8. The van der Waals surface area contributed by atoms with Crippen LogP contribution >= 0.6 is 11.6 Å². The van der Waals surface area contributed by atoms with E-state index in [1.54, 1.807) is 30.3 Å². The van der Waals surface area contributed by atoms with Gasteiger partial charge < -0.3 is 5.32 Å². The molecule has 2 aromatic rings. The summed E-state index contributed by atoms with van der Waals surface area (Å²) >= 11 is 6.03. The van der Waals surface area contributed by atoms with Crippen molar-refractivity contribution in [2.45, 2.75) is 28.0 Å². The lowest BCUT2D eigenvalue weighted by Gasteiger charge is -2.34. The van der Waals surface area contributed by atoms with Crippen LogP contribution in [0.4, 0.5) is 0 Å². The molecule has 23 heavy (non-hydrogen) atoms. The SMILES string of the molecule is O=C1N[C@@H](c2ccccc2)[C@H](S(=O)(=O)c2ccccc2)C[C@H]1Cl. The molecule has 1 aliphatic heterocycles. The van der Waals surface area contributed by atoms with Crippen molar-refractivity contribution in [3.8, 4) is 0 Å². The first kappa shape index (κ1) is 16.0. The first-order valence-electron chi connectivity index (χ1n) is 7.28. The Kier molecular flexibility index (Phi) is 4.41. The number of amides is 1. The van der Waals surface area contributed by atoms with E-state index in [-0.39, 0.29) is 17.2 Å². The molecule has 0 spiro atoms. The fourth-order valence-corrected chi connectivity index (χ4v) is 5.11. The number of halogens is 1. The number of rotatable bonds is 3. The third-order valence-corrected chi connectivity index (χ3v) is 6.59. The molecule has 3 rings (SSSR count). The van der Waals surface area contributed by atoms with Gasteiger partial charge in [-0.25, -0.2) is 8.42 Å². The van der Waals surface area contributed by atoms with Crippen LogP contribution in [0.1, 0.15) is 18.0 Å². The molecule has 0 unspecified atom stereocenters. The highest BCUT2D eigenvalue weighted by Gasteiger charge is 2.43. The van der Waals surface area contributed by atoms with Gasteiger partial charge >= 0.3 is 0 Å². The van der Waals surface area contributed by atoms with Crippen molar-refractivity contribution in [2.75, 3.05) is 0 Å². The van der Waals surface area contributed by atoms with Crippen LogP contribution < -0.4 is 5.32 Å². The van der Waals surface area contributed by atoms with E-state index in [1.165, 1.54) is 0 Å². The maximum absolute atomic E-state index is 13.0. The van der Waals surface area contributed by atoms with Crippen molar-refractivity contribution >= 4 is 27.3 Å². The van der Waals surface area contributed by atoms with Gasteiger partial charge in [-0.1, -0.05) is 48.5 Å². The number of hydrogen-bond acceptors (Lipinski definition) is 3. The summed E-state index contributed by atoms with van der Waals surface area (Å²) in [6.07, 6.45) is 0.0875. The normalized spacial score (nSPS) is 24.9. The maximum atomic E-state index is 13.0. The molecule has 1 N–H and O–H groups in total. The summed E-state index contributed by atoms with van der Waals surface area (Å²) in [4.78, 5) is 12.2. The Bertz CT molecular complexity index is 793. The Morgan fingerprint density at radius 2 is 1.52 bits per heavy atom. The molecule has 1 saturated heterocycles. The largest absolute Gasteiger partial charge is 0.347 e. The van der Waals surface area contributed by atoms with Crippen molar-refractivity contribution < 1.29 is 13.2 Å². The zero-order valence-corrected chi connectivity index (χ0v) is 13.8. The molecule has 0 aromatic heterocycles. The molecular formula is C17H16ClNO3S. The van der Waals surface area contributed by atoms with Gasteiger partial charge in [0.1, 0.15) is 5.38 Å². The summed E-state index contributed by atoms with van der Waals surface area (Å²) in [5.74, 6) is -0.333. The summed E-state index contributed by atoms with van der Waals surface area (Å²) in [7, 11) is -3.61. The third-order valence-electron chi connectivity index (χ3n) is 4.02. The molecule has 0 aliphatic carbocycles. The highest BCUT2D eigenvalue weighted by atomic mass is 35.5. The molecule has 2 aromatic carbocycles. The quantitative estimate of drug-likeness (QED) is 0.866. The number of piperidine rings is 1. The third kappa shape index (κ3) is 3.12. The Morgan fingerprint density at radius 1 is 0.957 bits per heavy atom. The molecule has 3 atom stereocenters. The molecule has 0 saturated carbocycles. The van der Waals surface area contributed by atoms with Crippen molar-refractivity contribution in [2.24, 2.45) is 0 Å². The Morgan fingerprint density at radius 3 is 2.13 bits per heavy atom. The number of alkyl halides is 1. The number of carbonyl (C=O) groups is 1. The minimum Gasteiger partial charge on any atom is -0.347 e. The molecule has 4 nitrogen and oxygen atoms in total. The molecule has 1 amide bonds. The van der Waals surface area contributed by atoms with Crippen LogP contribution in [-0.4, -0.2) is 25.0 Å². The second-order valence-corrected chi connectivity index (χ2v) is 8.19. The molecule has 1 fully saturated rings. The van der Waals surface area contributed by atoms with E-state index in [4.69, 9.17) is 11.6 Å². The minimum atomic E-state index is -3.61. The molecular weight excluding hydrogens is 334 g/mol. The van der Waals surface area contributed by atoms with E-state index in [1.807, 2.05) is 30.3 Å². The smallest absolute Gasteiger partial charge is 0.238 e. The lowest BCUT2D eigenvalue weighted by atomic mass is 9.96. The van der Waals surface area contributed by atoms with Crippen molar-refractivity contribution in [1.29, 1.82) is 0 Å². The van der Waals surface area contributed by atoms with E-state index in [2.05, 4.69) is 5.32 Å². The molecule has 0 radical (unpaired) electrons. The number of benzene rings is 2. The van der Waals surface area contributed by atoms with E-state index in [9.17, 15) is 13.2 Å². The predicted octanol–water partition coefficient (Wildman–Crippen LogP) is 2.70. The van der Waals surface area contributed by atoms with Gasteiger partial charge in [0.2, 0.25) is 5.91 Å². The van der Waals surface area contributed by atoms with Crippen LogP contribution in [-0.2, 0) is 14.6 Å². The maximum Gasteiger partial charge on any atom is 0.238 e. The molecule has 0 bridgehead atoms. The molecule has 1 heterocycles. The van der Waals surface area contributed by atoms with Crippen molar-refractivity contribution in [3.63, 3.8) is 0 Å². The summed E-state index contributed by atoms with van der Waals surface area (Å²) in [5, 5.41) is 1.11. The van der Waals surface area contributed by atoms with Crippen LogP contribution in [0.15, 0.2) is 65.6 Å². The number of carbonyl (C=O) groups excluding carboxylic acids is 1. The fourth-order valence-electron chi connectivity index (χ4n) is 2.83. The Labute approximate surface area is 140 Å². The second kappa shape index (κ2) is 6.34. The number of sulfone groups is 1. The first-order chi connectivity index (χ1) is 11.0. The summed E-state index contributed by atoms with van der Waals surface area (Å²) in [6.45, 7) is 0. The monoisotopic (exact) mass is 349 g/mol.